The van der Waals surface area contributed by atoms with E-state index in [1.807, 2.05) is 13.8 Å². The van der Waals surface area contributed by atoms with E-state index in [1.165, 1.54) is 0 Å². The fourth-order valence-electron chi connectivity index (χ4n) is 2.59. The summed E-state index contributed by atoms with van der Waals surface area (Å²) in [5, 5.41) is 0. The molecular weight excluding hydrogens is 250 g/mol. The number of aromatic amines is 1. The summed E-state index contributed by atoms with van der Waals surface area (Å²) in [5.74, 6) is 0.594. The van der Waals surface area contributed by atoms with Crippen LogP contribution in [0.2, 0.25) is 0 Å². The summed E-state index contributed by atoms with van der Waals surface area (Å²) in [7, 11) is 0. The average molecular weight is 267 g/mol. The van der Waals surface area contributed by atoms with E-state index >= 15 is 0 Å². The zero-order valence-corrected chi connectivity index (χ0v) is 12.1. The lowest BCUT2D eigenvalue weighted by molar-refractivity contribution is 0.542. The molecule has 20 heavy (non-hydrogen) atoms. The van der Waals surface area contributed by atoms with E-state index in [4.69, 9.17) is 4.42 Å². The largest absolute Gasteiger partial charge is 0.444 e. The first kappa shape index (κ1) is 12.7. The Morgan fingerprint density at radius 3 is 2.50 bits per heavy atom. The molecule has 2 aromatic heterocycles. The first-order valence-corrected chi connectivity index (χ1v) is 6.61. The van der Waals surface area contributed by atoms with Crippen molar-refractivity contribution in [2.24, 2.45) is 4.99 Å². The summed E-state index contributed by atoms with van der Waals surface area (Å²) in [6.45, 7) is 8.17. The molecule has 3 rings (SSSR count). The molecule has 0 unspecified atom stereocenters. The number of allylic oxidation sites excluding steroid dienone is 2. The van der Waals surface area contributed by atoms with Crippen molar-refractivity contribution in [2.45, 2.75) is 27.7 Å². The summed E-state index contributed by atoms with van der Waals surface area (Å²) in [6.07, 6.45) is 5.32. The van der Waals surface area contributed by atoms with Crippen molar-refractivity contribution >= 4 is 11.3 Å². The lowest BCUT2D eigenvalue weighted by atomic mass is 10.0. The van der Waals surface area contributed by atoms with Crippen LogP contribution in [0.1, 0.15) is 36.7 Å². The monoisotopic (exact) mass is 267 g/mol. The van der Waals surface area contributed by atoms with Crippen LogP contribution in [0.5, 0.6) is 0 Å². The van der Waals surface area contributed by atoms with E-state index < -0.39 is 0 Å². The van der Waals surface area contributed by atoms with E-state index in [2.05, 4.69) is 41.0 Å². The second-order valence-electron chi connectivity index (χ2n) is 5.15. The van der Waals surface area contributed by atoms with Crippen LogP contribution >= 0.6 is 0 Å². The van der Waals surface area contributed by atoms with Gasteiger partial charge in [-0.15, -0.1) is 0 Å². The number of rotatable bonds is 2. The van der Waals surface area contributed by atoms with E-state index in [9.17, 15) is 0 Å². The fourth-order valence-corrected chi connectivity index (χ4v) is 2.59. The van der Waals surface area contributed by atoms with Crippen LogP contribution in [-0.4, -0.2) is 15.7 Å². The predicted molar refractivity (Wildman–Crippen MR) is 79.7 cm³/mol. The second-order valence-corrected chi connectivity index (χ2v) is 5.15. The van der Waals surface area contributed by atoms with Gasteiger partial charge in [0.1, 0.15) is 6.26 Å². The normalized spacial score (nSPS) is 17.2. The maximum atomic E-state index is 5.52. The van der Waals surface area contributed by atoms with Gasteiger partial charge in [0.2, 0.25) is 5.89 Å². The van der Waals surface area contributed by atoms with Crippen molar-refractivity contribution in [2.75, 3.05) is 0 Å². The maximum absolute atomic E-state index is 5.52. The zero-order chi connectivity index (χ0) is 14.3. The van der Waals surface area contributed by atoms with Gasteiger partial charge in [0.15, 0.2) is 0 Å². The number of aryl methyl sites for hydroxylation is 2. The molecule has 0 bridgehead atoms. The van der Waals surface area contributed by atoms with Crippen molar-refractivity contribution in [1.82, 2.24) is 9.97 Å². The standard InChI is InChI=1S/C16H17N3O/c1-9-7-11(3)18-14(9)13(16-17-5-6-20-16)15-10(2)8-12(4)19-15/h5-8,18H,1-4H3/b15-13+. The number of aromatic nitrogens is 2. The number of H-pyrrole nitrogens is 1. The van der Waals surface area contributed by atoms with Crippen LogP contribution in [-0.2, 0) is 0 Å². The smallest absolute Gasteiger partial charge is 0.230 e. The van der Waals surface area contributed by atoms with E-state index in [-0.39, 0.29) is 0 Å². The highest BCUT2D eigenvalue weighted by atomic mass is 16.3. The summed E-state index contributed by atoms with van der Waals surface area (Å²) in [6, 6.07) is 2.11. The van der Waals surface area contributed by atoms with Crippen molar-refractivity contribution in [3.05, 3.63) is 58.7 Å². The molecule has 1 aliphatic rings. The minimum absolute atomic E-state index is 0.594. The number of hydrogen-bond donors (Lipinski definition) is 1. The first-order chi connectivity index (χ1) is 9.56. The molecule has 1 aliphatic heterocycles. The van der Waals surface area contributed by atoms with Crippen LogP contribution in [0.25, 0.3) is 5.57 Å². The van der Waals surface area contributed by atoms with Crippen molar-refractivity contribution in [1.29, 1.82) is 0 Å². The van der Waals surface area contributed by atoms with Gasteiger partial charge in [-0.2, -0.15) is 0 Å². The molecular formula is C16H17N3O. The SMILES string of the molecule is CC1=CC(C)=N/C1=C(/c1ncco1)c1[nH]c(C)cc1C. The molecule has 102 valence electrons. The Kier molecular flexibility index (Phi) is 2.93. The molecule has 2 aromatic rings. The molecule has 0 aliphatic carbocycles. The van der Waals surface area contributed by atoms with Crippen molar-refractivity contribution < 1.29 is 4.42 Å². The molecule has 0 saturated heterocycles. The molecule has 0 radical (unpaired) electrons. The molecule has 0 aromatic carbocycles. The van der Waals surface area contributed by atoms with Gasteiger partial charge >= 0.3 is 0 Å². The Bertz CT molecular complexity index is 743. The van der Waals surface area contributed by atoms with Gasteiger partial charge in [-0.25, -0.2) is 4.98 Å². The fraction of sp³-hybridized carbons (Fsp3) is 0.250. The highest BCUT2D eigenvalue weighted by Crippen LogP contribution is 2.34. The van der Waals surface area contributed by atoms with Crippen LogP contribution in [0.3, 0.4) is 0 Å². The predicted octanol–water partition coefficient (Wildman–Crippen LogP) is 3.80. The van der Waals surface area contributed by atoms with Gasteiger partial charge < -0.3 is 9.40 Å². The Morgan fingerprint density at radius 2 is 2.00 bits per heavy atom. The number of aliphatic imine (C=N–C) groups is 1. The Hall–Kier alpha value is -2.36. The number of nitrogens with zero attached hydrogens (tertiary/aromatic N) is 2. The van der Waals surface area contributed by atoms with Gasteiger partial charge in [-0.05, 0) is 51.0 Å². The highest BCUT2D eigenvalue weighted by molar-refractivity contribution is 6.00. The minimum Gasteiger partial charge on any atom is -0.444 e. The number of nitrogens with one attached hydrogen (secondary N) is 1. The maximum Gasteiger partial charge on any atom is 0.230 e. The zero-order valence-electron chi connectivity index (χ0n) is 12.1. The molecule has 4 nitrogen and oxygen atoms in total. The molecule has 3 heterocycles. The third-order valence-corrected chi connectivity index (χ3v) is 3.37. The van der Waals surface area contributed by atoms with Gasteiger partial charge in [0.25, 0.3) is 0 Å². The quantitative estimate of drug-likeness (QED) is 0.899. The number of oxazole rings is 1. The topological polar surface area (TPSA) is 54.2 Å². The molecule has 0 fully saturated rings. The number of hydrogen-bond acceptors (Lipinski definition) is 3. The van der Waals surface area contributed by atoms with E-state index in [0.717, 1.165) is 39.5 Å². The minimum atomic E-state index is 0.594. The Labute approximate surface area is 118 Å². The van der Waals surface area contributed by atoms with Crippen LogP contribution < -0.4 is 0 Å². The average Bonchev–Trinajstić information content (AvgIpc) is 3.05. The van der Waals surface area contributed by atoms with Crippen LogP contribution in [0.4, 0.5) is 0 Å². The third-order valence-electron chi connectivity index (χ3n) is 3.37. The van der Waals surface area contributed by atoms with Crippen LogP contribution in [0.15, 0.2) is 45.3 Å². The molecule has 4 heteroatoms. The third kappa shape index (κ3) is 2.03. The summed E-state index contributed by atoms with van der Waals surface area (Å²) in [4.78, 5) is 12.3. The van der Waals surface area contributed by atoms with Crippen molar-refractivity contribution in [3.63, 3.8) is 0 Å². The van der Waals surface area contributed by atoms with Crippen LogP contribution in [0, 0.1) is 13.8 Å². The molecule has 0 spiro atoms. The lowest BCUT2D eigenvalue weighted by Gasteiger charge is -2.07. The first-order valence-electron chi connectivity index (χ1n) is 6.61. The summed E-state index contributed by atoms with van der Waals surface area (Å²) in [5.41, 5.74) is 7.27. The Balaban J connectivity index is 2.29. The molecule has 0 atom stereocenters. The summed E-state index contributed by atoms with van der Waals surface area (Å²) >= 11 is 0. The molecule has 1 N–H and O–H groups in total. The van der Waals surface area contributed by atoms with Gasteiger partial charge in [0, 0.05) is 11.4 Å². The van der Waals surface area contributed by atoms with E-state index in [0.29, 0.717) is 5.89 Å². The van der Waals surface area contributed by atoms with E-state index in [1.54, 1.807) is 12.5 Å². The van der Waals surface area contributed by atoms with Crippen molar-refractivity contribution in [3.8, 4) is 0 Å². The Morgan fingerprint density at radius 1 is 1.20 bits per heavy atom. The van der Waals surface area contributed by atoms with Gasteiger partial charge in [-0.1, -0.05) is 0 Å². The van der Waals surface area contributed by atoms with Gasteiger partial charge in [-0.3, -0.25) is 4.99 Å². The van der Waals surface area contributed by atoms with Gasteiger partial charge in [0.05, 0.1) is 23.2 Å². The highest BCUT2D eigenvalue weighted by Gasteiger charge is 2.22. The second kappa shape index (κ2) is 4.63. The molecule has 0 saturated carbocycles. The summed E-state index contributed by atoms with van der Waals surface area (Å²) < 4.78 is 5.52. The molecule has 0 amide bonds. The lowest BCUT2D eigenvalue weighted by Crippen LogP contribution is -1.96.